The molecule has 4 aromatic rings. The second-order valence-corrected chi connectivity index (χ2v) is 8.06. The van der Waals surface area contributed by atoms with Crippen molar-refractivity contribution in [3.8, 4) is 11.5 Å². The van der Waals surface area contributed by atoms with Gasteiger partial charge in [0.25, 0.3) is 5.91 Å². The summed E-state index contributed by atoms with van der Waals surface area (Å²) < 4.78 is 5.75. The molecule has 2 aromatic heterocycles. The van der Waals surface area contributed by atoms with Gasteiger partial charge in [0, 0.05) is 37.3 Å². The predicted octanol–water partition coefficient (Wildman–Crippen LogP) is 4.79. The van der Waals surface area contributed by atoms with E-state index < -0.39 is 0 Å². The van der Waals surface area contributed by atoms with E-state index in [1.54, 1.807) is 15.9 Å². The summed E-state index contributed by atoms with van der Waals surface area (Å²) >= 11 is 0. The molecule has 1 fully saturated rings. The van der Waals surface area contributed by atoms with Crippen LogP contribution in [0.1, 0.15) is 16.1 Å². The van der Waals surface area contributed by atoms with Gasteiger partial charge in [-0.1, -0.05) is 36.4 Å². The molecule has 5 rings (SSSR count). The maximum atomic E-state index is 13.5. The molecule has 0 bridgehead atoms. The zero-order valence-electron chi connectivity index (χ0n) is 18.3. The summed E-state index contributed by atoms with van der Waals surface area (Å²) in [4.78, 5) is 34.3. The Kier molecular flexibility index (Phi) is 5.52. The second kappa shape index (κ2) is 8.78. The third-order valence-electron chi connectivity index (χ3n) is 5.82. The van der Waals surface area contributed by atoms with Gasteiger partial charge in [-0.3, -0.25) is 4.79 Å². The number of piperazine rings is 1. The fourth-order valence-electron chi connectivity index (χ4n) is 4.06. The molecule has 0 saturated carbocycles. The minimum Gasteiger partial charge on any atom is -0.460 e. The highest BCUT2D eigenvalue weighted by Gasteiger charge is 2.26. The molecule has 33 heavy (non-hydrogen) atoms. The third-order valence-corrected chi connectivity index (χ3v) is 5.82. The molecular weight excluding hydrogens is 416 g/mol. The highest BCUT2D eigenvalue weighted by molar-refractivity contribution is 6.07. The van der Waals surface area contributed by atoms with Crippen molar-refractivity contribution in [3.05, 3.63) is 84.1 Å². The minimum atomic E-state index is -0.155. The summed E-state index contributed by atoms with van der Waals surface area (Å²) in [5.74, 6) is 1.36. The number of hydrogen-bond acceptors (Lipinski definition) is 4. The number of furan rings is 1. The minimum absolute atomic E-state index is 0.0683. The number of aromatic nitrogens is 1. The first-order valence-corrected chi connectivity index (χ1v) is 11.0. The number of anilines is 1. The molecule has 7 nitrogen and oxygen atoms in total. The highest BCUT2D eigenvalue weighted by atomic mass is 16.3. The van der Waals surface area contributed by atoms with Gasteiger partial charge >= 0.3 is 6.03 Å². The molecule has 0 spiro atoms. The predicted molar refractivity (Wildman–Crippen MR) is 127 cm³/mol. The van der Waals surface area contributed by atoms with E-state index in [1.807, 2.05) is 73.7 Å². The average Bonchev–Trinajstić information content (AvgIpc) is 3.30. The van der Waals surface area contributed by atoms with Gasteiger partial charge in [0.05, 0.1) is 11.1 Å². The highest BCUT2D eigenvalue weighted by Crippen LogP contribution is 2.27. The number of nitrogens with zero attached hydrogens (tertiary/aromatic N) is 3. The number of carbonyl (C=O) groups is 2. The SMILES string of the molecule is Cc1ccc(-c2cc(C(=O)N3CCN(C(=O)Nc4ccccc4)CC3)c3ccccc3n2)o1. The van der Waals surface area contributed by atoms with E-state index in [0.29, 0.717) is 43.2 Å². The standard InChI is InChI=1S/C26H24N4O3/c1-18-11-12-24(33-18)23-17-21(20-9-5-6-10-22(20)28-23)25(31)29-13-15-30(16-14-29)26(32)27-19-7-3-2-4-8-19/h2-12,17H,13-16H2,1H3,(H,27,32). The van der Waals surface area contributed by atoms with E-state index in [9.17, 15) is 9.59 Å². The van der Waals surface area contributed by atoms with E-state index >= 15 is 0 Å². The van der Waals surface area contributed by atoms with E-state index in [0.717, 1.165) is 22.4 Å². The Morgan fingerprint density at radius 3 is 2.30 bits per heavy atom. The number of pyridine rings is 1. The van der Waals surface area contributed by atoms with Crippen molar-refractivity contribution in [1.29, 1.82) is 0 Å². The fraction of sp³-hybridized carbons (Fsp3) is 0.192. The van der Waals surface area contributed by atoms with Gasteiger partial charge in [-0.25, -0.2) is 9.78 Å². The lowest BCUT2D eigenvalue weighted by Gasteiger charge is -2.35. The maximum absolute atomic E-state index is 13.5. The Morgan fingerprint density at radius 2 is 1.58 bits per heavy atom. The van der Waals surface area contributed by atoms with Crippen LogP contribution in [0.4, 0.5) is 10.5 Å². The van der Waals surface area contributed by atoms with Crippen LogP contribution in [0.2, 0.25) is 0 Å². The molecule has 1 saturated heterocycles. The number of aryl methyl sites for hydroxylation is 1. The molecule has 1 aliphatic rings. The Morgan fingerprint density at radius 1 is 0.879 bits per heavy atom. The van der Waals surface area contributed by atoms with Gasteiger partial charge < -0.3 is 19.5 Å². The molecule has 0 radical (unpaired) electrons. The Labute approximate surface area is 191 Å². The molecule has 0 aliphatic carbocycles. The lowest BCUT2D eigenvalue weighted by Crippen LogP contribution is -2.51. The summed E-state index contributed by atoms with van der Waals surface area (Å²) in [5.41, 5.74) is 2.72. The molecule has 2 aromatic carbocycles. The summed E-state index contributed by atoms with van der Waals surface area (Å²) in [7, 11) is 0. The van der Waals surface area contributed by atoms with E-state index in [2.05, 4.69) is 5.32 Å². The van der Waals surface area contributed by atoms with Crippen LogP contribution in [0.5, 0.6) is 0 Å². The van der Waals surface area contributed by atoms with Crippen LogP contribution < -0.4 is 5.32 Å². The van der Waals surface area contributed by atoms with Gasteiger partial charge in [0.15, 0.2) is 5.76 Å². The molecule has 1 N–H and O–H groups in total. The molecule has 0 unspecified atom stereocenters. The number of amides is 3. The maximum Gasteiger partial charge on any atom is 0.321 e. The van der Waals surface area contributed by atoms with Crippen LogP contribution in [0.3, 0.4) is 0 Å². The number of para-hydroxylation sites is 2. The topological polar surface area (TPSA) is 78.7 Å². The van der Waals surface area contributed by atoms with Gasteiger partial charge in [0.1, 0.15) is 11.5 Å². The van der Waals surface area contributed by atoms with E-state index in [4.69, 9.17) is 9.40 Å². The number of carbonyl (C=O) groups excluding carboxylic acids is 2. The molecule has 7 heteroatoms. The number of urea groups is 1. The van der Waals surface area contributed by atoms with Gasteiger partial charge in [0.2, 0.25) is 0 Å². The summed E-state index contributed by atoms with van der Waals surface area (Å²) in [5, 5.41) is 3.71. The van der Waals surface area contributed by atoms with Crippen molar-refractivity contribution in [1.82, 2.24) is 14.8 Å². The second-order valence-electron chi connectivity index (χ2n) is 8.06. The lowest BCUT2D eigenvalue weighted by atomic mass is 10.0. The molecule has 0 atom stereocenters. The van der Waals surface area contributed by atoms with Crippen molar-refractivity contribution < 1.29 is 14.0 Å². The first-order chi connectivity index (χ1) is 16.1. The number of fused-ring (bicyclic) bond motifs is 1. The van der Waals surface area contributed by atoms with Crippen LogP contribution in [0.25, 0.3) is 22.4 Å². The van der Waals surface area contributed by atoms with Gasteiger partial charge in [-0.2, -0.15) is 0 Å². The number of benzene rings is 2. The molecule has 3 heterocycles. The molecule has 1 aliphatic heterocycles. The van der Waals surface area contributed by atoms with Gasteiger partial charge in [-0.05, 0) is 43.3 Å². The summed E-state index contributed by atoms with van der Waals surface area (Å²) in [6, 6.07) is 22.4. The quantitative estimate of drug-likeness (QED) is 0.497. The zero-order valence-corrected chi connectivity index (χ0v) is 18.3. The Bertz CT molecular complexity index is 1310. The van der Waals surface area contributed by atoms with Crippen LogP contribution in [-0.2, 0) is 0 Å². The fourth-order valence-corrected chi connectivity index (χ4v) is 4.06. The molecule has 166 valence electrons. The monoisotopic (exact) mass is 440 g/mol. The van der Waals surface area contributed by atoms with Crippen LogP contribution in [0.15, 0.2) is 77.2 Å². The van der Waals surface area contributed by atoms with Crippen molar-refractivity contribution in [2.24, 2.45) is 0 Å². The average molecular weight is 441 g/mol. The Balaban J connectivity index is 1.34. The lowest BCUT2D eigenvalue weighted by molar-refractivity contribution is 0.0673. The van der Waals surface area contributed by atoms with E-state index in [1.165, 1.54) is 0 Å². The van der Waals surface area contributed by atoms with Crippen molar-refractivity contribution in [3.63, 3.8) is 0 Å². The van der Waals surface area contributed by atoms with Crippen LogP contribution in [-0.4, -0.2) is 52.9 Å². The smallest absolute Gasteiger partial charge is 0.321 e. The first-order valence-electron chi connectivity index (χ1n) is 11.0. The summed E-state index contributed by atoms with van der Waals surface area (Å²) in [6.45, 7) is 3.75. The largest absolute Gasteiger partial charge is 0.460 e. The van der Waals surface area contributed by atoms with Crippen LogP contribution in [0, 0.1) is 6.92 Å². The van der Waals surface area contributed by atoms with Crippen LogP contribution >= 0.6 is 0 Å². The number of nitrogens with one attached hydrogen (secondary N) is 1. The number of hydrogen-bond donors (Lipinski definition) is 1. The van der Waals surface area contributed by atoms with Gasteiger partial charge in [-0.15, -0.1) is 0 Å². The zero-order chi connectivity index (χ0) is 22.8. The third kappa shape index (κ3) is 4.30. The van der Waals surface area contributed by atoms with Crippen molar-refractivity contribution in [2.75, 3.05) is 31.5 Å². The Hall–Kier alpha value is -4.13. The van der Waals surface area contributed by atoms with Crippen molar-refractivity contribution >= 4 is 28.5 Å². The first kappa shape index (κ1) is 20.8. The molecule has 3 amide bonds. The van der Waals surface area contributed by atoms with E-state index in [-0.39, 0.29) is 11.9 Å². The summed E-state index contributed by atoms with van der Waals surface area (Å²) in [6.07, 6.45) is 0. The van der Waals surface area contributed by atoms with Crippen molar-refractivity contribution in [2.45, 2.75) is 6.92 Å². The normalized spacial score (nSPS) is 13.8. The molecular formula is C26H24N4O3. The number of rotatable bonds is 3.